The lowest BCUT2D eigenvalue weighted by Gasteiger charge is -2.26. The molecule has 0 spiro atoms. The molecule has 0 bridgehead atoms. The summed E-state index contributed by atoms with van der Waals surface area (Å²) in [7, 11) is 0. The summed E-state index contributed by atoms with van der Waals surface area (Å²) in [4.78, 5) is 19.3. The fourth-order valence-corrected chi connectivity index (χ4v) is 3.12. The van der Waals surface area contributed by atoms with Crippen LogP contribution in [0, 0.1) is 0 Å². The molecule has 3 aromatic rings. The van der Waals surface area contributed by atoms with E-state index >= 15 is 0 Å². The van der Waals surface area contributed by atoms with Gasteiger partial charge in [-0.1, -0.05) is 35.5 Å². The first-order chi connectivity index (χ1) is 12.9. The molecule has 1 aliphatic heterocycles. The van der Waals surface area contributed by atoms with Gasteiger partial charge in [-0.3, -0.25) is 9.69 Å². The number of benzene rings is 1. The molecule has 3 heterocycles. The van der Waals surface area contributed by atoms with E-state index < -0.39 is 17.6 Å². The fourth-order valence-electron chi connectivity index (χ4n) is 3.12. The number of aromatic amines is 1. The predicted octanol–water partition coefficient (Wildman–Crippen LogP) is 3.00. The second-order valence-corrected chi connectivity index (χ2v) is 6.35. The van der Waals surface area contributed by atoms with Crippen LogP contribution in [0.25, 0.3) is 11.3 Å². The molecule has 1 N–H and O–H groups in total. The molecule has 1 aliphatic rings. The van der Waals surface area contributed by atoms with Gasteiger partial charge in [-0.2, -0.15) is 13.2 Å². The van der Waals surface area contributed by atoms with Crippen LogP contribution in [-0.2, 0) is 25.7 Å². The minimum Gasteiger partial charge on any atom is -0.356 e. The van der Waals surface area contributed by atoms with Crippen LogP contribution in [0.15, 0.2) is 45.7 Å². The van der Waals surface area contributed by atoms with Crippen molar-refractivity contribution in [1.82, 2.24) is 20.0 Å². The zero-order valence-electron chi connectivity index (χ0n) is 14.1. The van der Waals surface area contributed by atoms with Crippen molar-refractivity contribution < 1.29 is 17.7 Å². The maximum atomic E-state index is 12.9. The van der Waals surface area contributed by atoms with E-state index in [-0.39, 0.29) is 12.2 Å². The highest BCUT2D eigenvalue weighted by Crippen LogP contribution is 2.27. The van der Waals surface area contributed by atoms with E-state index in [9.17, 15) is 18.0 Å². The van der Waals surface area contributed by atoms with Crippen molar-refractivity contribution in [2.45, 2.75) is 25.7 Å². The first-order valence-electron chi connectivity index (χ1n) is 8.33. The largest absolute Gasteiger partial charge is 0.449 e. The number of nitrogens with one attached hydrogen (secondary N) is 1. The lowest BCUT2D eigenvalue weighted by atomic mass is 10.1. The number of halogens is 3. The molecule has 9 heteroatoms. The maximum absolute atomic E-state index is 12.9. The van der Waals surface area contributed by atoms with Gasteiger partial charge in [-0.15, -0.1) is 0 Å². The number of alkyl halides is 3. The molecule has 0 saturated heterocycles. The topological polar surface area (TPSA) is 75.0 Å². The van der Waals surface area contributed by atoms with Crippen molar-refractivity contribution in [2.24, 2.45) is 0 Å². The van der Waals surface area contributed by atoms with Crippen LogP contribution < -0.4 is 5.56 Å². The molecule has 2 aromatic heterocycles. The van der Waals surface area contributed by atoms with Crippen molar-refractivity contribution in [3.05, 3.63) is 69.5 Å². The molecule has 0 radical (unpaired) electrons. The molecule has 1 aromatic carbocycles. The van der Waals surface area contributed by atoms with E-state index in [2.05, 4.69) is 10.1 Å². The summed E-state index contributed by atoms with van der Waals surface area (Å²) in [6.07, 6.45) is -4.35. The lowest BCUT2D eigenvalue weighted by Crippen LogP contribution is -2.36. The SMILES string of the molecule is O=c1[nH]c(C(F)(F)F)nc2c1CCN(Cc1cc(-c3ccccc3)on1)C2. The van der Waals surface area contributed by atoms with Gasteiger partial charge in [0.05, 0.1) is 11.4 Å². The van der Waals surface area contributed by atoms with Gasteiger partial charge < -0.3 is 9.51 Å². The molecule has 4 rings (SSSR count). The highest BCUT2D eigenvalue weighted by molar-refractivity contribution is 5.56. The normalized spacial score (nSPS) is 14.9. The van der Waals surface area contributed by atoms with Crippen molar-refractivity contribution in [3.8, 4) is 11.3 Å². The minimum atomic E-state index is -4.69. The van der Waals surface area contributed by atoms with Crippen molar-refractivity contribution in [2.75, 3.05) is 6.54 Å². The van der Waals surface area contributed by atoms with Crippen molar-refractivity contribution in [3.63, 3.8) is 0 Å². The second kappa shape index (κ2) is 6.66. The van der Waals surface area contributed by atoms with Crippen LogP contribution >= 0.6 is 0 Å². The van der Waals surface area contributed by atoms with Crippen LogP contribution in [0.3, 0.4) is 0 Å². The summed E-state index contributed by atoms with van der Waals surface area (Å²) < 4.78 is 44.0. The molecule has 0 amide bonds. The van der Waals surface area contributed by atoms with Gasteiger partial charge in [0.15, 0.2) is 5.76 Å². The first kappa shape index (κ1) is 17.5. The molecular formula is C18H15F3N4O2. The van der Waals surface area contributed by atoms with Crippen molar-refractivity contribution in [1.29, 1.82) is 0 Å². The Hall–Kier alpha value is -2.94. The van der Waals surface area contributed by atoms with E-state index in [4.69, 9.17) is 4.52 Å². The standard InChI is InChI=1S/C18H15F3N4O2/c19-18(20,21)17-22-14-10-25(7-6-13(14)16(26)23-17)9-12-8-15(27-24-12)11-4-2-1-3-5-11/h1-5,8H,6-7,9-10H2,(H,22,23,26). The molecule has 0 atom stereocenters. The lowest BCUT2D eigenvalue weighted by molar-refractivity contribution is -0.145. The number of nitrogens with zero attached hydrogens (tertiary/aromatic N) is 3. The second-order valence-electron chi connectivity index (χ2n) is 6.35. The van der Waals surface area contributed by atoms with E-state index in [0.29, 0.717) is 36.5 Å². The zero-order chi connectivity index (χ0) is 19.0. The monoisotopic (exact) mass is 376 g/mol. The van der Waals surface area contributed by atoms with E-state index in [1.165, 1.54) is 0 Å². The number of rotatable bonds is 3. The maximum Gasteiger partial charge on any atom is 0.449 e. The summed E-state index contributed by atoms with van der Waals surface area (Å²) in [6.45, 7) is 1.07. The molecule has 0 aliphatic carbocycles. The van der Waals surface area contributed by atoms with Crippen LogP contribution in [0.4, 0.5) is 13.2 Å². The highest BCUT2D eigenvalue weighted by atomic mass is 19.4. The Morgan fingerprint density at radius 2 is 2.00 bits per heavy atom. The summed E-state index contributed by atoms with van der Waals surface area (Å²) in [5.41, 5.74) is 1.30. The van der Waals surface area contributed by atoms with E-state index in [0.717, 1.165) is 5.56 Å². The number of fused-ring (bicyclic) bond motifs is 1. The van der Waals surface area contributed by atoms with E-state index in [1.54, 1.807) is 6.07 Å². The molecule has 27 heavy (non-hydrogen) atoms. The Labute approximate surface area is 151 Å². The summed E-state index contributed by atoms with van der Waals surface area (Å²) in [6, 6.07) is 11.3. The van der Waals surface area contributed by atoms with Gasteiger partial charge in [0.2, 0.25) is 5.82 Å². The Morgan fingerprint density at radius 1 is 1.22 bits per heavy atom. The molecular weight excluding hydrogens is 361 g/mol. The molecule has 140 valence electrons. The fraction of sp³-hybridized carbons (Fsp3) is 0.278. The average Bonchev–Trinajstić information content (AvgIpc) is 3.10. The number of hydrogen-bond acceptors (Lipinski definition) is 5. The third kappa shape index (κ3) is 3.63. The Bertz CT molecular complexity index is 1010. The smallest absolute Gasteiger partial charge is 0.356 e. The van der Waals surface area contributed by atoms with Gasteiger partial charge in [0.25, 0.3) is 5.56 Å². The summed E-state index contributed by atoms with van der Waals surface area (Å²) in [5, 5.41) is 4.03. The Balaban J connectivity index is 1.53. The van der Waals surface area contributed by atoms with Crippen LogP contribution in [-0.4, -0.2) is 26.6 Å². The van der Waals surface area contributed by atoms with Gasteiger partial charge in [-0.25, -0.2) is 4.98 Å². The van der Waals surface area contributed by atoms with Gasteiger partial charge in [-0.05, 0) is 6.42 Å². The number of aromatic nitrogens is 3. The van der Waals surface area contributed by atoms with Crippen LogP contribution in [0.5, 0.6) is 0 Å². The van der Waals surface area contributed by atoms with Gasteiger partial charge >= 0.3 is 6.18 Å². The number of hydrogen-bond donors (Lipinski definition) is 1. The number of H-pyrrole nitrogens is 1. The molecule has 0 saturated carbocycles. The quantitative estimate of drug-likeness (QED) is 0.761. The summed E-state index contributed by atoms with van der Waals surface area (Å²) in [5.74, 6) is -0.641. The Morgan fingerprint density at radius 3 is 2.74 bits per heavy atom. The molecule has 0 unspecified atom stereocenters. The Kier molecular flexibility index (Phi) is 4.31. The highest BCUT2D eigenvalue weighted by Gasteiger charge is 2.36. The van der Waals surface area contributed by atoms with E-state index in [1.807, 2.05) is 40.2 Å². The first-order valence-corrected chi connectivity index (χ1v) is 8.33. The van der Waals surface area contributed by atoms with Gasteiger partial charge in [0.1, 0.15) is 0 Å². The van der Waals surface area contributed by atoms with Crippen LogP contribution in [0.2, 0.25) is 0 Å². The minimum absolute atomic E-state index is 0.149. The van der Waals surface area contributed by atoms with Crippen LogP contribution in [0.1, 0.15) is 22.8 Å². The summed E-state index contributed by atoms with van der Waals surface area (Å²) >= 11 is 0. The zero-order valence-corrected chi connectivity index (χ0v) is 14.1. The average molecular weight is 376 g/mol. The molecule has 0 fully saturated rings. The van der Waals surface area contributed by atoms with Gasteiger partial charge in [0, 0.05) is 36.8 Å². The molecule has 6 nitrogen and oxygen atoms in total. The third-order valence-electron chi connectivity index (χ3n) is 4.42. The third-order valence-corrected chi connectivity index (χ3v) is 4.42. The van der Waals surface area contributed by atoms with Crippen molar-refractivity contribution >= 4 is 0 Å². The predicted molar refractivity (Wildman–Crippen MR) is 89.6 cm³/mol.